The zero-order valence-electron chi connectivity index (χ0n) is 23.2. The molecule has 5 rings (SSSR count). The molecule has 2 heterocycles. The predicted molar refractivity (Wildman–Crippen MR) is 170 cm³/mol. The SMILES string of the molecule is C=C(c1ccc(Br)cc1)N(CCCN)C(C(=O)N1CCOCC1)c1nc2cc(Cl)ccc2c(=O)n1Cc1ccccc1. The summed E-state index contributed by atoms with van der Waals surface area (Å²) in [6.07, 6.45) is 0.602. The number of fused-ring (bicyclic) bond motifs is 1. The zero-order valence-corrected chi connectivity index (χ0v) is 25.6. The minimum absolute atomic E-state index is 0.177. The Hall–Kier alpha value is -3.50. The monoisotopic (exact) mass is 649 g/mol. The lowest BCUT2D eigenvalue weighted by Crippen LogP contribution is -2.49. The standard InChI is InChI=1S/C32H33BrClN5O3/c1-22(24-8-10-25(33)11-9-24)38(15-5-14-35)29(32(41)37-16-18-42-19-17-37)30-36-28-20-26(34)12-13-27(28)31(40)39(30)21-23-6-3-2-4-7-23/h2-4,6-13,20,29H,1,5,14-19,21,35H2. The third-order valence-corrected chi connectivity index (χ3v) is 8.13. The largest absolute Gasteiger partial charge is 0.378 e. The summed E-state index contributed by atoms with van der Waals surface area (Å²) in [5.41, 5.74) is 8.55. The van der Waals surface area contributed by atoms with E-state index in [0.29, 0.717) is 73.3 Å². The number of morpholine rings is 1. The Labute approximate surface area is 258 Å². The molecule has 0 bridgehead atoms. The maximum absolute atomic E-state index is 14.6. The van der Waals surface area contributed by atoms with Crippen molar-refractivity contribution in [3.63, 3.8) is 0 Å². The van der Waals surface area contributed by atoms with Crippen LogP contribution in [0.3, 0.4) is 0 Å². The van der Waals surface area contributed by atoms with Crippen molar-refractivity contribution in [2.24, 2.45) is 5.73 Å². The van der Waals surface area contributed by atoms with E-state index in [4.69, 9.17) is 27.1 Å². The summed E-state index contributed by atoms with van der Waals surface area (Å²) in [6, 6.07) is 21.5. The second-order valence-corrected chi connectivity index (χ2v) is 11.5. The molecule has 1 amide bonds. The fourth-order valence-corrected chi connectivity index (χ4v) is 5.60. The van der Waals surface area contributed by atoms with E-state index >= 15 is 0 Å². The fourth-order valence-electron chi connectivity index (χ4n) is 5.17. The molecule has 1 aliphatic rings. The first-order valence-corrected chi connectivity index (χ1v) is 15.1. The van der Waals surface area contributed by atoms with Gasteiger partial charge in [-0.15, -0.1) is 0 Å². The van der Waals surface area contributed by atoms with Crippen LogP contribution < -0.4 is 11.3 Å². The highest BCUT2D eigenvalue weighted by Crippen LogP contribution is 2.32. The molecule has 3 aromatic carbocycles. The second-order valence-electron chi connectivity index (χ2n) is 10.1. The predicted octanol–water partition coefficient (Wildman–Crippen LogP) is 5.08. The Bertz CT molecular complexity index is 1620. The first kappa shape index (κ1) is 30.0. The van der Waals surface area contributed by atoms with Crippen LogP contribution in [0.15, 0.2) is 88.6 Å². The van der Waals surface area contributed by atoms with E-state index in [1.807, 2.05) is 59.5 Å². The Morgan fingerprint density at radius 3 is 2.50 bits per heavy atom. The van der Waals surface area contributed by atoms with Crippen LogP contribution in [0.1, 0.15) is 29.4 Å². The van der Waals surface area contributed by atoms with Crippen molar-refractivity contribution in [1.82, 2.24) is 19.4 Å². The van der Waals surface area contributed by atoms with Gasteiger partial charge in [0, 0.05) is 34.8 Å². The Morgan fingerprint density at radius 2 is 1.81 bits per heavy atom. The molecule has 1 unspecified atom stereocenters. The average molecular weight is 651 g/mol. The van der Waals surface area contributed by atoms with Crippen molar-refractivity contribution >= 4 is 50.0 Å². The topological polar surface area (TPSA) is 93.7 Å². The molecule has 1 atom stereocenters. The highest BCUT2D eigenvalue weighted by atomic mass is 79.9. The third kappa shape index (κ3) is 6.60. The molecule has 10 heteroatoms. The summed E-state index contributed by atoms with van der Waals surface area (Å²) in [7, 11) is 0. The fraction of sp³-hybridized carbons (Fsp3) is 0.281. The highest BCUT2D eigenvalue weighted by Gasteiger charge is 2.37. The van der Waals surface area contributed by atoms with Gasteiger partial charge in [-0.2, -0.15) is 0 Å². The molecule has 0 radical (unpaired) electrons. The molecular weight excluding hydrogens is 618 g/mol. The first-order chi connectivity index (χ1) is 20.4. The number of nitrogens with two attached hydrogens (primary N) is 1. The van der Waals surface area contributed by atoms with Gasteiger partial charge in [-0.25, -0.2) is 4.98 Å². The van der Waals surface area contributed by atoms with E-state index in [2.05, 4.69) is 22.5 Å². The van der Waals surface area contributed by atoms with Gasteiger partial charge < -0.3 is 20.3 Å². The number of hydrogen-bond acceptors (Lipinski definition) is 6. The molecule has 8 nitrogen and oxygen atoms in total. The van der Waals surface area contributed by atoms with Gasteiger partial charge in [0.15, 0.2) is 6.04 Å². The van der Waals surface area contributed by atoms with Gasteiger partial charge in [0.25, 0.3) is 11.5 Å². The molecule has 42 heavy (non-hydrogen) atoms. The number of hydrogen-bond donors (Lipinski definition) is 1. The van der Waals surface area contributed by atoms with Crippen LogP contribution >= 0.6 is 27.5 Å². The number of rotatable bonds is 10. The van der Waals surface area contributed by atoms with Crippen LogP contribution in [-0.2, 0) is 16.1 Å². The Kier molecular flexibility index (Phi) is 9.74. The molecule has 1 fully saturated rings. The second kappa shape index (κ2) is 13.6. The normalized spacial score (nSPS) is 14.1. The number of nitrogens with zero attached hydrogens (tertiary/aromatic N) is 4. The van der Waals surface area contributed by atoms with E-state index in [-0.39, 0.29) is 18.0 Å². The summed E-state index contributed by atoms with van der Waals surface area (Å²) in [5, 5.41) is 0.883. The lowest BCUT2D eigenvalue weighted by atomic mass is 10.1. The van der Waals surface area contributed by atoms with Gasteiger partial charge in [-0.3, -0.25) is 14.2 Å². The van der Waals surface area contributed by atoms with Gasteiger partial charge in [-0.05, 0) is 54.4 Å². The smallest absolute Gasteiger partial charge is 0.261 e. The van der Waals surface area contributed by atoms with E-state index in [0.717, 1.165) is 15.6 Å². The minimum atomic E-state index is -0.953. The van der Waals surface area contributed by atoms with Crippen molar-refractivity contribution in [3.8, 4) is 0 Å². The lowest BCUT2D eigenvalue weighted by molar-refractivity contribution is -0.140. The van der Waals surface area contributed by atoms with E-state index in [1.165, 1.54) is 0 Å². The van der Waals surface area contributed by atoms with E-state index in [9.17, 15) is 9.59 Å². The van der Waals surface area contributed by atoms with Crippen LogP contribution in [-0.4, -0.2) is 64.7 Å². The Morgan fingerprint density at radius 1 is 1.10 bits per heavy atom. The molecule has 4 aromatic rings. The van der Waals surface area contributed by atoms with Gasteiger partial charge >= 0.3 is 0 Å². The number of carbonyl (C=O) groups is 1. The third-order valence-electron chi connectivity index (χ3n) is 7.37. The number of benzene rings is 3. The van der Waals surface area contributed by atoms with Gasteiger partial charge in [0.1, 0.15) is 5.82 Å². The molecule has 218 valence electrons. The lowest BCUT2D eigenvalue weighted by Gasteiger charge is -2.38. The summed E-state index contributed by atoms with van der Waals surface area (Å²) < 4.78 is 8.09. The molecule has 2 N–H and O–H groups in total. The quantitative estimate of drug-likeness (QED) is 0.257. The molecule has 0 spiro atoms. The van der Waals surface area contributed by atoms with Crippen molar-refractivity contribution in [1.29, 1.82) is 0 Å². The molecule has 0 saturated carbocycles. The van der Waals surface area contributed by atoms with Crippen molar-refractivity contribution in [2.75, 3.05) is 39.4 Å². The zero-order chi connectivity index (χ0) is 29.6. The van der Waals surface area contributed by atoms with Gasteiger partial charge in [-0.1, -0.05) is 76.6 Å². The van der Waals surface area contributed by atoms with Crippen LogP contribution in [0.5, 0.6) is 0 Å². The first-order valence-electron chi connectivity index (χ1n) is 13.9. The Balaban J connectivity index is 1.74. The van der Waals surface area contributed by atoms with Crippen molar-refractivity contribution < 1.29 is 9.53 Å². The van der Waals surface area contributed by atoms with Crippen LogP contribution in [0, 0.1) is 0 Å². The summed E-state index contributed by atoms with van der Waals surface area (Å²) in [6.45, 7) is 7.27. The van der Waals surface area contributed by atoms with E-state index < -0.39 is 6.04 Å². The van der Waals surface area contributed by atoms with Crippen molar-refractivity contribution in [2.45, 2.75) is 19.0 Å². The summed E-state index contributed by atoms with van der Waals surface area (Å²) >= 11 is 9.85. The van der Waals surface area contributed by atoms with Crippen LogP contribution in [0.2, 0.25) is 5.02 Å². The molecule has 0 aliphatic carbocycles. The van der Waals surface area contributed by atoms with Gasteiger partial charge in [0.05, 0.1) is 30.7 Å². The molecule has 1 aromatic heterocycles. The number of carbonyl (C=O) groups excluding carboxylic acids is 1. The maximum atomic E-state index is 14.6. The number of halogens is 2. The van der Waals surface area contributed by atoms with Crippen LogP contribution in [0.4, 0.5) is 0 Å². The van der Waals surface area contributed by atoms with Gasteiger partial charge in [0.2, 0.25) is 0 Å². The van der Waals surface area contributed by atoms with E-state index in [1.54, 1.807) is 27.7 Å². The molecule has 1 aliphatic heterocycles. The summed E-state index contributed by atoms with van der Waals surface area (Å²) in [4.78, 5) is 37.5. The number of aromatic nitrogens is 2. The summed E-state index contributed by atoms with van der Waals surface area (Å²) in [5.74, 6) is 0.147. The molecule has 1 saturated heterocycles. The maximum Gasteiger partial charge on any atom is 0.261 e. The number of ether oxygens (including phenoxy) is 1. The number of amides is 1. The average Bonchev–Trinajstić information content (AvgIpc) is 3.01. The highest BCUT2D eigenvalue weighted by molar-refractivity contribution is 9.10. The van der Waals surface area contributed by atoms with Crippen molar-refractivity contribution in [3.05, 3.63) is 116 Å². The minimum Gasteiger partial charge on any atom is -0.378 e. The molecular formula is C32H33BrClN5O3. The van der Waals surface area contributed by atoms with Crippen LogP contribution in [0.25, 0.3) is 16.6 Å².